The summed E-state index contributed by atoms with van der Waals surface area (Å²) in [5.41, 5.74) is 9.14. The number of amides is 1. The summed E-state index contributed by atoms with van der Waals surface area (Å²) in [6, 6.07) is 6.73. The van der Waals surface area contributed by atoms with E-state index in [-0.39, 0.29) is 0 Å². The number of fused-ring (bicyclic) bond motifs is 2. The minimum absolute atomic E-state index is 0.341. The van der Waals surface area contributed by atoms with Gasteiger partial charge in [-0.15, -0.1) is 0 Å². The van der Waals surface area contributed by atoms with Crippen molar-refractivity contribution in [3.05, 3.63) is 66.9 Å². The van der Waals surface area contributed by atoms with Crippen molar-refractivity contribution in [3.8, 4) is 0 Å². The van der Waals surface area contributed by atoms with Gasteiger partial charge in [0.25, 0.3) is 0 Å². The Morgan fingerprint density at radius 2 is 1.88 bits per heavy atom. The van der Waals surface area contributed by atoms with Crippen LogP contribution in [0.1, 0.15) is 60.1 Å². The maximum absolute atomic E-state index is 13.0. The molecule has 4 nitrogen and oxygen atoms in total. The van der Waals surface area contributed by atoms with Crippen LogP contribution >= 0.6 is 31.9 Å². The summed E-state index contributed by atoms with van der Waals surface area (Å²) in [5.74, 6) is 0.885. The Balaban J connectivity index is 1.45. The average Bonchev–Trinajstić information content (AvgIpc) is 2.99. The van der Waals surface area contributed by atoms with E-state index in [1.54, 1.807) is 0 Å². The molecule has 0 spiro atoms. The lowest BCUT2D eigenvalue weighted by Crippen LogP contribution is -2.39. The lowest BCUT2D eigenvalue weighted by Gasteiger charge is -2.32. The Morgan fingerprint density at radius 3 is 2.64 bits per heavy atom. The highest BCUT2D eigenvalue weighted by molar-refractivity contribution is 9.10. The van der Waals surface area contributed by atoms with Gasteiger partial charge in [-0.25, -0.2) is 0 Å². The summed E-state index contributed by atoms with van der Waals surface area (Å²) in [4.78, 5) is 20.0. The summed E-state index contributed by atoms with van der Waals surface area (Å²) in [7, 11) is 0. The summed E-state index contributed by atoms with van der Waals surface area (Å²) >= 11 is 7.50. The molecule has 0 saturated carbocycles. The molecule has 2 aromatic rings. The van der Waals surface area contributed by atoms with Crippen molar-refractivity contribution in [2.24, 2.45) is 5.92 Å². The summed E-state index contributed by atoms with van der Waals surface area (Å²) in [6.45, 7) is 5.89. The minimum Gasteiger partial charge on any atom is -0.342 e. The molecule has 1 aromatic carbocycles. The number of piperidine rings is 2. The third-order valence-electron chi connectivity index (χ3n) is 7.52. The number of halogens is 2. The van der Waals surface area contributed by atoms with E-state index in [0.717, 1.165) is 74.9 Å². The fourth-order valence-electron chi connectivity index (χ4n) is 5.60. The second-order valence-electron chi connectivity index (χ2n) is 9.64. The maximum Gasteiger partial charge on any atom is 0.222 e. The Hall–Kier alpha value is -1.50. The van der Waals surface area contributed by atoms with Crippen molar-refractivity contribution in [2.45, 2.75) is 51.9 Å². The zero-order valence-corrected chi connectivity index (χ0v) is 22.4. The Labute approximate surface area is 213 Å². The number of aromatic nitrogens is 1. The van der Waals surface area contributed by atoms with Crippen molar-refractivity contribution in [2.75, 3.05) is 26.2 Å². The van der Waals surface area contributed by atoms with E-state index in [9.17, 15) is 4.79 Å². The van der Waals surface area contributed by atoms with Crippen LogP contribution in [0.2, 0.25) is 0 Å². The number of carbonyl (C=O) groups is 1. The predicted octanol–water partition coefficient (Wildman–Crippen LogP) is 5.83. The highest BCUT2D eigenvalue weighted by Gasteiger charge is 2.28. The number of nitrogens with one attached hydrogen (secondary N) is 1. The molecular weight excluding hydrogens is 542 g/mol. The molecule has 3 heterocycles. The fraction of sp³-hybridized carbons (Fsp3) is 0.481. The van der Waals surface area contributed by atoms with Crippen LogP contribution in [0.3, 0.4) is 0 Å². The quantitative estimate of drug-likeness (QED) is 0.492. The molecule has 0 radical (unpaired) electrons. The number of carbonyl (C=O) groups excluding carboxylic acids is 1. The second-order valence-corrected chi connectivity index (χ2v) is 11.3. The molecule has 33 heavy (non-hydrogen) atoms. The molecular formula is C27H31Br2N3O. The first-order valence-electron chi connectivity index (χ1n) is 12.1. The minimum atomic E-state index is 0.341. The normalized spacial score (nSPS) is 19.2. The van der Waals surface area contributed by atoms with Crippen LogP contribution in [0.5, 0.6) is 0 Å². The molecule has 2 aliphatic heterocycles. The van der Waals surface area contributed by atoms with Crippen molar-refractivity contribution >= 4 is 43.3 Å². The van der Waals surface area contributed by atoms with Gasteiger partial charge in [-0.05, 0) is 109 Å². The highest BCUT2D eigenvalue weighted by atomic mass is 79.9. The third-order valence-corrected chi connectivity index (χ3v) is 9.05. The average molecular weight is 573 g/mol. The largest absolute Gasteiger partial charge is 0.342 e. The van der Waals surface area contributed by atoms with Crippen LogP contribution in [0.25, 0.3) is 5.57 Å². The van der Waals surface area contributed by atoms with E-state index in [1.165, 1.54) is 37.9 Å². The zero-order valence-electron chi connectivity index (χ0n) is 19.2. The SMILES string of the molecule is Cc1ccc2c(c1Br)CCc1cc(Br)cnc1C2=C1CCN(C(=O)CC2CCNCC2)CC1. The number of rotatable bonds is 2. The molecule has 1 amide bonds. The molecule has 0 bridgehead atoms. The molecule has 1 N–H and O–H groups in total. The van der Waals surface area contributed by atoms with E-state index in [2.05, 4.69) is 67.2 Å². The van der Waals surface area contributed by atoms with Crippen molar-refractivity contribution in [3.63, 3.8) is 0 Å². The first-order chi connectivity index (χ1) is 16.0. The molecule has 0 unspecified atom stereocenters. The number of benzene rings is 1. The van der Waals surface area contributed by atoms with E-state index in [0.29, 0.717) is 18.2 Å². The molecule has 2 fully saturated rings. The first-order valence-corrected chi connectivity index (χ1v) is 13.7. The lowest BCUT2D eigenvalue weighted by atomic mass is 9.87. The standard InChI is InChI=1S/C27H31Br2N3O/c1-17-2-4-22-23(26(17)29)5-3-20-15-21(28)16-31-27(20)25(22)19-8-12-32(13-9-19)24(33)14-18-6-10-30-11-7-18/h2,4,15-16,18,30H,3,5-14H2,1H3. The smallest absolute Gasteiger partial charge is 0.222 e. The number of hydrogen-bond donors (Lipinski definition) is 1. The summed E-state index contributed by atoms with van der Waals surface area (Å²) in [6.07, 6.45) is 8.71. The molecule has 1 aliphatic carbocycles. The van der Waals surface area contributed by atoms with Crippen LogP contribution in [0.15, 0.2) is 38.9 Å². The Bertz CT molecular complexity index is 1090. The predicted molar refractivity (Wildman–Crippen MR) is 140 cm³/mol. The number of hydrogen-bond acceptors (Lipinski definition) is 3. The van der Waals surface area contributed by atoms with E-state index >= 15 is 0 Å². The van der Waals surface area contributed by atoms with Gasteiger partial charge < -0.3 is 10.2 Å². The number of aryl methyl sites for hydroxylation is 2. The number of pyridine rings is 1. The molecule has 3 aliphatic rings. The molecule has 2 saturated heterocycles. The van der Waals surface area contributed by atoms with Gasteiger partial charge in [0.2, 0.25) is 5.91 Å². The number of nitrogens with zero attached hydrogens (tertiary/aromatic N) is 2. The van der Waals surface area contributed by atoms with E-state index < -0.39 is 0 Å². The van der Waals surface area contributed by atoms with Gasteiger partial charge in [-0.3, -0.25) is 9.78 Å². The second kappa shape index (κ2) is 10.0. The van der Waals surface area contributed by atoms with Crippen LogP contribution < -0.4 is 5.32 Å². The van der Waals surface area contributed by atoms with Crippen molar-refractivity contribution < 1.29 is 4.79 Å². The Kier molecular flexibility index (Phi) is 7.05. The molecule has 6 heteroatoms. The van der Waals surface area contributed by atoms with Crippen LogP contribution in [0, 0.1) is 12.8 Å². The van der Waals surface area contributed by atoms with Gasteiger partial charge in [0, 0.05) is 40.2 Å². The van der Waals surface area contributed by atoms with Crippen LogP contribution in [-0.4, -0.2) is 42.0 Å². The summed E-state index contributed by atoms with van der Waals surface area (Å²) in [5, 5.41) is 3.40. The van der Waals surface area contributed by atoms with Gasteiger partial charge in [0.1, 0.15) is 0 Å². The molecule has 5 rings (SSSR count). The van der Waals surface area contributed by atoms with E-state index in [1.807, 2.05) is 6.20 Å². The monoisotopic (exact) mass is 571 g/mol. The topological polar surface area (TPSA) is 45.2 Å². The first kappa shape index (κ1) is 23.3. The summed E-state index contributed by atoms with van der Waals surface area (Å²) < 4.78 is 2.25. The van der Waals surface area contributed by atoms with Gasteiger partial charge in [0.05, 0.1) is 5.69 Å². The number of likely N-dealkylation sites (tertiary alicyclic amines) is 1. The van der Waals surface area contributed by atoms with Crippen molar-refractivity contribution in [1.29, 1.82) is 0 Å². The van der Waals surface area contributed by atoms with E-state index in [4.69, 9.17) is 4.98 Å². The Morgan fingerprint density at radius 1 is 1.12 bits per heavy atom. The maximum atomic E-state index is 13.0. The van der Waals surface area contributed by atoms with Gasteiger partial charge in [-0.1, -0.05) is 33.6 Å². The molecule has 0 atom stereocenters. The van der Waals surface area contributed by atoms with Gasteiger partial charge in [-0.2, -0.15) is 0 Å². The van der Waals surface area contributed by atoms with Crippen LogP contribution in [-0.2, 0) is 17.6 Å². The molecule has 1 aromatic heterocycles. The third kappa shape index (κ3) is 4.85. The lowest BCUT2D eigenvalue weighted by molar-refractivity contribution is -0.132. The zero-order chi connectivity index (χ0) is 22.9. The van der Waals surface area contributed by atoms with Crippen molar-refractivity contribution in [1.82, 2.24) is 15.2 Å². The molecule has 174 valence electrons. The van der Waals surface area contributed by atoms with Gasteiger partial charge >= 0.3 is 0 Å². The fourth-order valence-corrected chi connectivity index (χ4v) is 6.52. The van der Waals surface area contributed by atoms with Crippen LogP contribution in [0.4, 0.5) is 0 Å². The van der Waals surface area contributed by atoms with Gasteiger partial charge in [0.15, 0.2) is 0 Å². The highest BCUT2D eigenvalue weighted by Crippen LogP contribution is 2.41.